The van der Waals surface area contributed by atoms with Gasteiger partial charge in [-0.3, -0.25) is 15.2 Å². The number of H-pyrrole nitrogens is 1. The Labute approximate surface area is 165 Å². The molecule has 2 aromatic carbocycles. The van der Waals surface area contributed by atoms with Crippen molar-refractivity contribution in [3.05, 3.63) is 75.5 Å². The Morgan fingerprint density at radius 1 is 1.21 bits per heavy atom. The third-order valence-corrected chi connectivity index (χ3v) is 4.93. The number of nitro groups is 1. The minimum Gasteiger partial charge on any atom is -0.376 e. The van der Waals surface area contributed by atoms with E-state index in [1.165, 1.54) is 24.3 Å². The zero-order valence-corrected chi connectivity index (χ0v) is 15.6. The molecule has 3 aromatic rings. The Bertz CT molecular complexity index is 1050. The van der Waals surface area contributed by atoms with E-state index in [4.69, 9.17) is 0 Å². The molecule has 1 atom stereocenters. The maximum absolute atomic E-state index is 15.2. The highest BCUT2D eigenvalue weighted by molar-refractivity contribution is 5.74. The van der Waals surface area contributed by atoms with E-state index in [9.17, 15) is 14.5 Å². The van der Waals surface area contributed by atoms with Crippen LogP contribution in [0.2, 0.25) is 0 Å². The van der Waals surface area contributed by atoms with Gasteiger partial charge in [0.2, 0.25) is 0 Å². The minimum absolute atomic E-state index is 0.0906. The molecule has 7 nitrogen and oxygen atoms in total. The number of aromatic nitrogens is 2. The Morgan fingerprint density at radius 3 is 2.59 bits per heavy atom. The molecule has 1 saturated carbocycles. The lowest BCUT2D eigenvalue weighted by molar-refractivity contribution is -0.384. The van der Waals surface area contributed by atoms with Crippen LogP contribution in [-0.4, -0.2) is 15.1 Å². The second kappa shape index (κ2) is 7.50. The largest absolute Gasteiger partial charge is 0.376 e. The Kier molecular flexibility index (Phi) is 4.87. The van der Waals surface area contributed by atoms with Crippen molar-refractivity contribution in [3.8, 4) is 0 Å². The molecule has 1 fully saturated rings. The highest BCUT2D eigenvalue weighted by Crippen LogP contribution is 2.40. The number of halogens is 2. The van der Waals surface area contributed by atoms with E-state index in [-0.39, 0.29) is 23.2 Å². The van der Waals surface area contributed by atoms with E-state index in [1.54, 1.807) is 25.1 Å². The third-order valence-electron chi connectivity index (χ3n) is 4.93. The van der Waals surface area contributed by atoms with Crippen molar-refractivity contribution in [2.45, 2.75) is 31.7 Å². The van der Waals surface area contributed by atoms with E-state index in [1.807, 2.05) is 0 Å². The molecule has 9 heteroatoms. The number of rotatable bonds is 7. The van der Waals surface area contributed by atoms with Gasteiger partial charge in [0.15, 0.2) is 17.3 Å². The standard InChI is InChI=1S/C20H19F2N5O2/c1-11(12-4-6-14(21)7-5-12)23-15-8-9-17(27(28)29)20(19(15)22)24-18-10-16(25-26-18)13-2-3-13/h4-11,13,23H,2-3H2,1H3,(H2,24,25,26). The molecule has 0 spiro atoms. The zero-order valence-electron chi connectivity index (χ0n) is 15.6. The van der Waals surface area contributed by atoms with Crippen LogP contribution in [0.1, 0.15) is 43.0 Å². The molecule has 1 unspecified atom stereocenters. The summed E-state index contributed by atoms with van der Waals surface area (Å²) >= 11 is 0. The van der Waals surface area contributed by atoms with E-state index in [2.05, 4.69) is 20.8 Å². The summed E-state index contributed by atoms with van der Waals surface area (Å²) in [5.74, 6) is -0.414. The van der Waals surface area contributed by atoms with Crippen molar-refractivity contribution in [1.82, 2.24) is 10.2 Å². The molecule has 150 valence electrons. The number of hydrogen-bond acceptors (Lipinski definition) is 5. The van der Waals surface area contributed by atoms with Crippen LogP contribution in [0.3, 0.4) is 0 Å². The molecule has 0 bridgehead atoms. The van der Waals surface area contributed by atoms with Crippen molar-refractivity contribution < 1.29 is 13.7 Å². The number of nitrogens with one attached hydrogen (secondary N) is 3. The van der Waals surface area contributed by atoms with E-state index in [0.717, 1.165) is 24.1 Å². The molecule has 1 aliphatic rings. The predicted molar refractivity (Wildman–Crippen MR) is 105 cm³/mol. The van der Waals surface area contributed by atoms with Crippen molar-refractivity contribution in [2.75, 3.05) is 10.6 Å². The first kappa shape index (κ1) is 18.9. The number of nitrogens with zero attached hydrogens (tertiary/aromatic N) is 2. The summed E-state index contributed by atoms with van der Waals surface area (Å²) in [6, 6.07) is 9.78. The van der Waals surface area contributed by atoms with Crippen molar-refractivity contribution in [2.24, 2.45) is 0 Å². The molecule has 1 aliphatic carbocycles. The first-order valence-corrected chi connectivity index (χ1v) is 9.23. The molecule has 0 aliphatic heterocycles. The van der Waals surface area contributed by atoms with Gasteiger partial charge >= 0.3 is 0 Å². The van der Waals surface area contributed by atoms with E-state index < -0.39 is 16.4 Å². The van der Waals surface area contributed by atoms with E-state index in [0.29, 0.717) is 11.7 Å². The predicted octanol–water partition coefficient (Wildman–Crippen LogP) is 5.39. The number of nitro benzene ring substituents is 1. The molecule has 1 heterocycles. The van der Waals surface area contributed by atoms with Gasteiger partial charge in [0.1, 0.15) is 5.82 Å². The van der Waals surface area contributed by atoms with Gasteiger partial charge in [0, 0.05) is 29.8 Å². The van der Waals surface area contributed by atoms with Crippen molar-refractivity contribution in [1.29, 1.82) is 0 Å². The number of anilines is 3. The van der Waals surface area contributed by atoms with Gasteiger partial charge in [0.05, 0.1) is 10.6 Å². The zero-order chi connectivity index (χ0) is 20.5. The summed E-state index contributed by atoms with van der Waals surface area (Å²) in [5, 5.41) is 24.1. The van der Waals surface area contributed by atoms with Crippen LogP contribution in [0.4, 0.5) is 31.7 Å². The summed E-state index contributed by atoms with van der Waals surface area (Å²) in [6.45, 7) is 1.79. The van der Waals surface area contributed by atoms with Crippen molar-refractivity contribution in [3.63, 3.8) is 0 Å². The third kappa shape index (κ3) is 4.03. The van der Waals surface area contributed by atoms with Gasteiger partial charge in [-0.1, -0.05) is 12.1 Å². The summed E-state index contributed by atoms with van der Waals surface area (Å²) in [5.41, 5.74) is 1.11. The summed E-state index contributed by atoms with van der Waals surface area (Å²) in [6.07, 6.45) is 2.13. The van der Waals surface area contributed by atoms with Gasteiger partial charge in [-0.15, -0.1) is 0 Å². The molecular weight excluding hydrogens is 380 g/mol. The SMILES string of the molecule is CC(Nc1ccc([N+](=O)[O-])c(Nc2cc(C3CC3)[nH]n2)c1F)c1ccc(F)cc1. The fourth-order valence-electron chi connectivity index (χ4n) is 3.15. The topological polar surface area (TPSA) is 95.9 Å². The fraction of sp³-hybridized carbons (Fsp3) is 0.250. The molecule has 0 radical (unpaired) electrons. The second-order valence-corrected chi connectivity index (χ2v) is 7.10. The second-order valence-electron chi connectivity index (χ2n) is 7.10. The summed E-state index contributed by atoms with van der Waals surface area (Å²) in [7, 11) is 0. The lowest BCUT2D eigenvalue weighted by atomic mass is 10.1. The van der Waals surface area contributed by atoms with Crippen LogP contribution in [0.25, 0.3) is 0 Å². The van der Waals surface area contributed by atoms with E-state index >= 15 is 4.39 Å². The molecule has 0 amide bonds. The monoisotopic (exact) mass is 399 g/mol. The maximum atomic E-state index is 15.2. The molecule has 1 aromatic heterocycles. The van der Waals surface area contributed by atoms with Crippen LogP contribution in [-0.2, 0) is 0 Å². The Morgan fingerprint density at radius 2 is 1.93 bits per heavy atom. The highest BCUT2D eigenvalue weighted by Gasteiger charge is 2.27. The number of benzene rings is 2. The summed E-state index contributed by atoms with van der Waals surface area (Å²) < 4.78 is 28.3. The normalized spacial score (nSPS) is 14.4. The van der Waals surface area contributed by atoms with Gasteiger partial charge in [-0.05, 0) is 43.5 Å². The molecule has 3 N–H and O–H groups in total. The first-order valence-electron chi connectivity index (χ1n) is 9.23. The minimum atomic E-state index is -0.788. The van der Waals surface area contributed by atoms with Gasteiger partial charge in [0.25, 0.3) is 5.69 Å². The fourth-order valence-corrected chi connectivity index (χ4v) is 3.15. The Hall–Kier alpha value is -3.49. The van der Waals surface area contributed by atoms with Crippen LogP contribution in [0, 0.1) is 21.7 Å². The lowest BCUT2D eigenvalue weighted by Gasteiger charge is -2.17. The number of aromatic amines is 1. The van der Waals surface area contributed by atoms with Crippen LogP contribution in [0.15, 0.2) is 42.5 Å². The molecule has 29 heavy (non-hydrogen) atoms. The summed E-state index contributed by atoms with van der Waals surface area (Å²) in [4.78, 5) is 10.7. The van der Waals surface area contributed by atoms with Crippen LogP contribution >= 0.6 is 0 Å². The molecule has 0 saturated heterocycles. The lowest BCUT2D eigenvalue weighted by Crippen LogP contribution is -2.10. The molecular formula is C20H19F2N5O2. The van der Waals surface area contributed by atoms with Crippen LogP contribution < -0.4 is 10.6 Å². The average molecular weight is 399 g/mol. The quantitative estimate of drug-likeness (QED) is 0.366. The molecule has 4 rings (SSSR count). The van der Waals surface area contributed by atoms with Crippen molar-refractivity contribution >= 4 is 22.9 Å². The van der Waals surface area contributed by atoms with Gasteiger partial charge in [-0.2, -0.15) is 5.10 Å². The average Bonchev–Trinajstić information content (AvgIpc) is 3.44. The van der Waals surface area contributed by atoms with Crippen LogP contribution in [0.5, 0.6) is 0 Å². The smallest absolute Gasteiger partial charge is 0.295 e. The Balaban J connectivity index is 1.62. The first-order chi connectivity index (χ1) is 13.9. The van der Waals surface area contributed by atoms with Gasteiger partial charge in [-0.25, -0.2) is 8.78 Å². The maximum Gasteiger partial charge on any atom is 0.295 e. The highest BCUT2D eigenvalue weighted by atomic mass is 19.1. The number of hydrogen-bond donors (Lipinski definition) is 3. The van der Waals surface area contributed by atoms with Gasteiger partial charge < -0.3 is 10.6 Å².